The molecule has 0 radical (unpaired) electrons. The van der Waals surface area contributed by atoms with Gasteiger partial charge in [-0.1, -0.05) is 0 Å². The number of alkyl halides is 12. The molecule has 0 aromatic carbocycles. The predicted octanol–water partition coefficient (Wildman–Crippen LogP) is -2.45. The second kappa shape index (κ2) is 9.39. The molecule has 146 valence electrons. The average Bonchev–Trinajstić information content (AvgIpc) is 2.34. The Hall–Kier alpha value is 1.27. The molecule has 0 spiro atoms. The van der Waals surface area contributed by atoms with Crippen LogP contribution in [-0.4, -0.2) is 52.4 Å². The van der Waals surface area contributed by atoms with Gasteiger partial charge in [0.2, 0.25) is 0 Å². The van der Waals surface area contributed by atoms with Crippen molar-refractivity contribution in [1.29, 1.82) is 0 Å². The third-order valence-electron chi connectivity index (χ3n) is 2.35. The van der Waals surface area contributed by atoms with Crippen molar-refractivity contribution < 1.29 is 131 Å². The van der Waals surface area contributed by atoms with Crippen molar-refractivity contribution in [2.24, 2.45) is 0 Å². The maximum atomic E-state index is 13.0. The van der Waals surface area contributed by atoms with Crippen LogP contribution in [0.4, 0.5) is 52.7 Å². The van der Waals surface area contributed by atoms with Gasteiger partial charge < -0.3 is 9.79 Å². The van der Waals surface area contributed by atoms with E-state index < -0.39 is 50.5 Å². The Morgan fingerprint density at radius 3 is 1.38 bits per heavy atom. The van der Waals surface area contributed by atoms with Gasteiger partial charge in [-0.05, 0) is 0 Å². The molecule has 0 rings (SSSR count). The summed E-state index contributed by atoms with van der Waals surface area (Å²) in [6.45, 7) is -3.31. The topological polar surface area (TPSA) is 66.8 Å². The Bertz CT molecular complexity index is 510. The monoisotopic (exact) mass is 458 g/mol. The molecule has 2 N–H and O–H groups in total. The van der Waals surface area contributed by atoms with Gasteiger partial charge in [0, 0.05) is 0 Å². The van der Waals surface area contributed by atoms with Gasteiger partial charge in [0.05, 0.1) is 0 Å². The quantitative estimate of drug-likeness (QED) is 0.241. The summed E-state index contributed by atoms with van der Waals surface area (Å²) in [4.78, 5) is 15.9. The largest absolute Gasteiger partial charge is 1.00 e. The Morgan fingerprint density at radius 1 is 0.769 bits per heavy atom. The van der Waals surface area contributed by atoms with Crippen LogP contribution in [0.15, 0.2) is 0 Å². The molecule has 0 aliphatic rings. The summed E-state index contributed by atoms with van der Waals surface area (Å²) in [5, 5.41) is 0. The number of halogens is 12. The van der Waals surface area contributed by atoms with Crippen molar-refractivity contribution in [2.45, 2.75) is 36.0 Å². The van der Waals surface area contributed by atoms with Crippen LogP contribution in [0.25, 0.3) is 0 Å². The number of phosphoric ester groups is 1. The van der Waals surface area contributed by atoms with Crippen molar-refractivity contribution in [3.05, 3.63) is 0 Å². The molecule has 0 aliphatic heterocycles. The Kier molecular flexibility index (Phi) is 11.5. The normalized spacial score (nSPS) is 14.7. The molecule has 0 aromatic rings. The van der Waals surface area contributed by atoms with E-state index in [1.54, 1.807) is 0 Å². The molecule has 0 aliphatic carbocycles. The second-order valence-electron chi connectivity index (χ2n) is 4.12. The third kappa shape index (κ3) is 5.89. The van der Waals surface area contributed by atoms with Crippen LogP contribution in [0.2, 0.25) is 0 Å². The molecule has 0 unspecified atom stereocenters. The van der Waals surface area contributed by atoms with E-state index in [-0.39, 0.29) is 59.1 Å². The average molecular weight is 458 g/mol. The minimum atomic E-state index is -7.76. The Balaban J connectivity index is -0.00000264. The van der Waals surface area contributed by atoms with Crippen LogP contribution in [0.5, 0.6) is 0 Å². The van der Waals surface area contributed by atoms with Gasteiger partial charge in [0.25, 0.3) is 0 Å². The summed E-state index contributed by atoms with van der Waals surface area (Å²) in [5.41, 5.74) is 0. The van der Waals surface area contributed by atoms with Crippen molar-refractivity contribution in [2.75, 3.05) is 6.61 Å². The fourth-order valence-corrected chi connectivity index (χ4v) is 1.36. The van der Waals surface area contributed by atoms with E-state index in [0.717, 1.165) is 0 Å². The molecular weight excluding hydrogens is 453 g/mol. The zero-order valence-corrected chi connectivity index (χ0v) is 17.4. The molecule has 0 aromatic heterocycles. The number of rotatable bonds is 8. The van der Waals surface area contributed by atoms with Crippen LogP contribution in [-0.2, 0) is 9.09 Å². The summed E-state index contributed by atoms with van der Waals surface area (Å²) in [6.07, 6.45) is -5.63. The Morgan fingerprint density at radius 2 is 1.12 bits per heavy atom. The molecule has 26 heavy (non-hydrogen) atoms. The number of hydrogen-bond donors (Lipinski definition) is 2. The van der Waals surface area contributed by atoms with E-state index in [1.165, 1.54) is 0 Å². The zero-order valence-electron chi connectivity index (χ0n) is 12.5. The minimum Gasteiger partial charge on any atom is -0.303 e. The summed E-state index contributed by atoms with van der Waals surface area (Å²) in [5.74, 6) is -36.6. The zero-order chi connectivity index (χ0) is 20.0. The van der Waals surface area contributed by atoms with E-state index in [4.69, 9.17) is 9.79 Å². The smallest absolute Gasteiger partial charge is 0.303 e. The van der Waals surface area contributed by atoms with Gasteiger partial charge >= 0.3 is 103 Å². The molecule has 0 saturated carbocycles. The van der Waals surface area contributed by atoms with Crippen LogP contribution in [0.3, 0.4) is 0 Å². The van der Waals surface area contributed by atoms with Crippen molar-refractivity contribution in [3.63, 3.8) is 0 Å². The first-order valence-corrected chi connectivity index (χ1v) is 6.55. The van der Waals surface area contributed by atoms with Gasteiger partial charge in [-0.2, -0.15) is 43.9 Å². The summed E-state index contributed by atoms with van der Waals surface area (Å²) >= 11 is 0. The van der Waals surface area contributed by atoms with Crippen LogP contribution in [0.1, 0.15) is 0 Å². The van der Waals surface area contributed by atoms with Crippen LogP contribution in [0, 0.1) is 0 Å². The summed E-state index contributed by atoms with van der Waals surface area (Å²) < 4.78 is 164. The van der Waals surface area contributed by atoms with E-state index in [2.05, 4.69) is 4.52 Å². The van der Waals surface area contributed by atoms with Gasteiger partial charge in [-0.3, -0.25) is 4.52 Å². The fourth-order valence-electron chi connectivity index (χ4n) is 1.03. The van der Waals surface area contributed by atoms with E-state index in [9.17, 15) is 57.3 Å². The standard InChI is InChI=1S/C7H5F12O4P.2Na/c8-2(9)4(12,13)6(16,17)7(18,19)5(14,15)3(10,11)1-23-24(20,21)22;;/h2H,1H2,(H2,20,21,22);;/q;2*+1. The van der Waals surface area contributed by atoms with Crippen LogP contribution >= 0.6 is 7.82 Å². The number of phosphoric acid groups is 1. The van der Waals surface area contributed by atoms with Crippen LogP contribution < -0.4 is 59.1 Å². The first-order chi connectivity index (χ1) is 10.2. The summed E-state index contributed by atoms with van der Waals surface area (Å²) in [7, 11) is -5.99. The SMILES string of the molecule is O=P(O)(O)OCC(F)(F)C(F)(F)C(F)(F)C(F)(F)C(F)(F)C(F)F.[Na+].[Na+]. The van der Waals surface area contributed by atoms with Crippen molar-refractivity contribution >= 4 is 7.82 Å². The van der Waals surface area contributed by atoms with E-state index in [1.807, 2.05) is 0 Å². The first-order valence-electron chi connectivity index (χ1n) is 5.02. The molecule has 19 heteroatoms. The van der Waals surface area contributed by atoms with E-state index >= 15 is 0 Å². The van der Waals surface area contributed by atoms with E-state index in [0.29, 0.717) is 0 Å². The molecule has 0 bridgehead atoms. The Labute approximate surface area is 180 Å². The fraction of sp³-hybridized carbons (Fsp3) is 1.00. The maximum absolute atomic E-state index is 13.0. The van der Waals surface area contributed by atoms with Gasteiger partial charge in [0.15, 0.2) is 0 Å². The van der Waals surface area contributed by atoms with Gasteiger partial charge in [0.1, 0.15) is 6.61 Å². The third-order valence-corrected chi connectivity index (χ3v) is 2.82. The molecule has 0 amide bonds. The minimum absolute atomic E-state index is 0. The van der Waals surface area contributed by atoms with Crippen molar-refractivity contribution in [3.8, 4) is 0 Å². The molecular formula is C7H5F12Na2O4P+2. The predicted molar refractivity (Wildman–Crippen MR) is 48.7 cm³/mol. The van der Waals surface area contributed by atoms with Crippen molar-refractivity contribution in [1.82, 2.24) is 0 Å². The maximum Gasteiger partial charge on any atom is 1.00 e. The summed E-state index contributed by atoms with van der Waals surface area (Å²) in [6, 6.07) is 0. The second-order valence-corrected chi connectivity index (χ2v) is 5.35. The molecule has 0 atom stereocenters. The van der Waals surface area contributed by atoms with Gasteiger partial charge in [-0.15, -0.1) is 0 Å². The molecule has 0 fully saturated rings. The van der Waals surface area contributed by atoms with Gasteiger partial charge in [-0.25, -0.2) is 13.3 Å². The number of hydrogen-bond acceptors (Lipinski definition) is 2. The molecule has 4 nitrogen and oxygen atoms in total. The first kappa shape index (κ1) is 31.9. The molecule has 0 heterocycles. The molecule has 0 saturated heterocycles.